The molecule has 1 aromatic carbocycles. The number of carboxylic acid groups (broad SMARTS) is 1. The maximum atomic E-state index is 13.9. The SMILES string of the molecule is CCOC(=O)CC(=O)C1CC(c2c(F)cccc2F)CN1C(=O)O. The molecule has 2 rings (SSSR count). The molecule has 0 bridgehead atoms. The zero-order valence-electron chi connectivity index (χ0n) is 13.0. The van der Waals surface area contributed by atoms with Crippen molar-refractivity contribution in [3.05, 3.63) is 35.4 Å². The van der Waals surface area contributed by atoms with Crippen molar-refractivity contribution in [3.63, 3.8) is 0 Å². The molecule has 1 aliphatic rings. The van der Waals surface area contributed by atoms with E-state index in [-0.39, 0.29) is 25.1 Å². The molecule has 2 atom stereocenters. The third-order valence-electron chi connectivity index (χ3n) is 3.95. The van der Waals surface area contributed by atoms with E-state index in [0.717, 1.165) is 17.0 Å². The van der Waals surface area contributed by atoms with Crippen molar-refractivity contribution in [1.29, 1.82) is 0 Å². The number of benzene rings is 1. The summed E-state index contributed by atoms with van der Waals surface area (Å²) in [6, 6.07) is 2.24. The fraction of sp³-hybridized carbons (Fsp3) is 0.438. The van der Waals surface area contributed by atoms with Gasteiger partial charge in [-0.15, -0.1) is 0 Å². The lowest BCUT2D eigenvalue weighted by atomic mass is 9.93. The molecular formula is C16H17F2NO5. The number of ether oxygens (including phenoxy) is 1. The van der Waals surface area contributed by atoms with Crippen molar-refractivity contribution in [2.45, 2.75) is 31.7 Å². The number of Topliss-reactive ketones (excluding diaryl/α,β-unsaturated/α-hetero) is 1. The molecule has 0 spiro atoms. The zero-order chi connectivity index (χ0) is 17.9. The summed E-state index contributed by atoms with van der Waals surface area (Å²) in [5, 5.41) is 9.24. The Kier molecular flexibility index (Phi) is 5.48. The minimum absolute atomic E-state index is 0.0810. The van der Waals surface area contributed by atoms with E-state index in [0.29, 0.717) is 0 Å². The summed E-state index contributed by atoms with van der Waals surface area (Å²) in [6.07, 6.45) is -2.03. The van der Waals surface area contributed by atoms with Crippen LogP contribution in [0, 0.1) is 11.6 Å². The van der Waals surface area contributed by atoms with Crippen LogP contribution in [-0.2, 0) is 14.3 Å². The van der Waals surface area contributed by atoms with Gasteiger partial charge in [0.1, 0.15) is 18.1 Å². The van der Waals surface area contributed by atoms with E-state index >= 15 is 0 Å². The molecule has 8 heteroatoms. The van der Waals surface area contributed by atoms with Crippen molar-refractivity contribution in [3.8, 4) is 0 Å². The predicted octanol–water partition coefficient (Wildman–Crippen LogP) is 2.32. The number of hydrogen-bond acceptors (Lipinski definition) is 4. The van der Waals surface area contributed by atoms with Crippen molar-refractivity contribution in [2.75, 3.05) is 13.2 Å². The van der Waals surface area contributed by atoms with Gasteiger partial charge in [-0.2, -0.15) is 0 Å². The normalized spacial score (nSPS) is 20.0. The third kappa shape index (κ3) is 3.69. The lowest BCUT2D eigenvalue weighted by molar-refractivity contribution is -0.146. The molecule has 1 aliphatic heterocycles. The Morgan fingerprint density at radius 1 is 1.29 bits per heavy atom. The van der Waals surface area contributed by atoms with E-state index in [1.165, 1.54) is 6.07 Å². The van der Waals surface area contributed by atoms with E-state index in [2.05, 4.69) is 4.74 Å². The maximum absolute atomic E-state index is 13.9. The lowest BCUT2D eigenvalue weighted by Crippen LogP contribution is -2.40. The van der Waals surface area contributed by atoms with Crippen LogP contribution in [0.4, 0.5) is 13.6 Å². The monoisotopic (exact) mass is 341 g/mol. The molecule has 24 heavy (non-hydrogen) atoms. The van der Waals surface area contributed by atoms with Gasteiger partial charge in [0.15, 0.2) is 5.78 Å². The average Bonchev–Trinajstić information content (AvgIpc) is 2.92. The van der Waals surface area contributed by atoms with Crippen LogP contribution < -0.4 is 0 Å². The smallest absolute Gasteiger partial charge is 0.407 e. The number of nitrogens with zero attached hydrogens (tertiary/aromatic N) is 1. The Morgan fingerprint density at radius 3 is 2.46 bits per heavy atom. The fourth-order valence-corrected chi connectivity index (χ4v) is 2.93. The first-order valence-corrected chi connectivity index (χ1v) is 7.47. The van der Waals surface area contributed by atoms with Crippen LogP contribution in [0.1, 0.15) is 31.2 Å². The highest BCUT2D eigenvalue weighted by atomic mass is 19.1. The summed E-state index contributed by atoms with van der Waals surface area (Å²) >= 11 is 0. The van der Waals surface area contributed by atoms with Crippen LogP contribution in [-0.4, -0.2) is 47.0 Å². The van der Waals surface area contributed by atoms with Gasteiger partial charge in [0.05, 0.1) is 12.6 Å². The fourth-order valence-electron chi connectivity index (χ4n) is 2.93. The largest absolute Gasteiger partial charge is 0.466 e. The van der Waals surface area contributed by atoms with Crippen molar-refractivity contribution in [1.82, 2.24) is 4.90 Å². The number of carbonyl (C=O) groups excluding carboxylic acids is 2. The quantitative estimate of drug-likeness (QED) is 0.656. The summed E-state index contributed by atoms with van der Waals surface area (Å²) in [4.78, 5) is 35.8. The molecule has 0 radical (unpaired) electrons. The molecular weight excluding hydrogens is 324 g/mol. The van der Waals surface area contributed by atoms with Gasteiger partial charge in [0, 0.05) is 18.0 Å². The van der Waals surface area contributed by atoms with E-state index in [1.54, 1.807) is 6.92 Å². The number of carbonyl (C=O) groups is 3. The number of halogens is 2. The highest BCUT2D eigenvalue weighted by Gasteiger charge is 2.42. The maximum Gasteiger partial charge on any atom is 0.407 e. The van der Waals surface area contributed by atoms with Gasteiger partial charge in [0.2, 0.25) is 0 Å². The second kappa shape index (κ2) is 7.37. The van der Waals surface area contributed by atoms with Crippen LogP contribution in [0.15, 0.2) is 18.2 Å². The lowest BCUT2D eigenvalue weighted by Gasteiger charge is -2.19. The molecule has 6 nitrogen and oxygen atoms in total. The minimum atomic E-state index is -1.38. The standard InChI is InChI=1S/C16H17F2NO5/c1-2-24-14(21)7-13(20)12-6-9(8-19(12)16(22)23)15-10(17)4-3-5-11(15)18/h3-5,9,12H,2,6-8H2,1H3,(H,22,23). The Morgan fingerprint density at radius 2 is 1.92 bits per heavy atom. The first-order valence-electron chi connectivity index (χ1n) is 7.47. The first-order chi connectivity index (χ1) is 11.3. The Bertz CT molecular complexity index is 644. The first kappa shape index (κ1) is 17.8. The predicted molar refractivity (Wildman–Crippen MR) is 78.5 cm³/mol. The summed E-state index contributed by atoms with van der Waals surface area (Å²) < 4.78 is 32.5. The van der Waals surface area contributed by atoms with Gasteiger partial charge < -0.3 is 9.84 Å². The van der Waals surface area contributed by atoms with Crippen LogP contribution >= 0.6 is 0 Å². The van der Waals surface area contributed by atoms with Gasteiger partial charge >= 0.3 is 12.1 Å². The van der Waals surface area contributed by atoms with E-state index in [4.69, 9.17) is 0 Å². The summed E-state index contributed by atoms with van der Waals surface area (Å²) in [7, 11) is 0. The molecule has 0 saturated carbocycles. The summed E-state index contributed by atoms with van der Waals surface area (Å²) in [6.45, 7) is 1.47. The number of hydrogen-bond donors (Lipinski definition) is 1. The van der Waals surface area contributed by atoms with Gasteiger partial charge in [-0.3, -0.25) is 14.5 Å². The van der Waals surface area contributed by atoms with Gasteiger partial charge in [-0.25, -0.2) is 13.6 Å². The van der Waals surface area contributed by atoms with E-state index in [9.17, 15) is 28.3 Å². The van der Waals surface area contributed by atoms with Crippen molar-refractivity contribution >= 4 is 17.8 Å². The van der Waals surface area contributed by atoms with Gasteiger partial charge in [-0.05, 0) is 25.5 Å². The van der Waals surface area contributed by atoms with E-state index in [1.807, 2.05) is 0 Å². The second-order valence-electron chi connectivity index (χ2n) is 5.47. The van der Waals surface area contributed by atoms with Crippen molar-refractivity contribution in [2.24, 2.45) is 0 Å². The molecule has 1 fully saturated rings. The minimum Gasteiger partial charge on any atom is -0.466 e. The summed E-state index contributed by atoms with van der Waals surface area (Å²) in [5.74, 6) is -3.77. The molecule has 2 unspecified atom stereocenters. The Labute approximate surface area is 137 Å². The number of ketones is 1. The number of esters is 1. The molecule has 130 valence electrons. The Hall–Kier alpha value is -2.51. The third-order valence-corrected chi connectivity index (χ3v) is 3.95. The molecule has 1 amide bonds. The molecule has 1 N–H and O–H groups in total. The number of likely N-dealkylation sites (tertiary alicyclic amines) is 1. The van der Waals surface area contributed by atoms with Crippen LogP contribution in [0.5, 0.6) is 0 Å². The molecule has 1 saturated heterocycles. The molecule has 0 aliphatic carbocycles. The second-order valence-corrected chi connectivity index (χ2v) is 5.47. The Balaban J connectivity index is 2.21. The average molecular weight is 341 g/mol. The van der Waals surface area contributed by atoms with Crippen molar-refractivity contribution < 1.29 is 33.0 Å². The van der Waals surface area contributed by atoms with Crippen LogP contribution in [0.2, 0.25) is 0 Å². The van der Waals surface area contributed by atoms with E-state index < -0.39 is 47.9 Å². The number of amides is 1. The topological polar surface area (TPSA) is 83.9 Å². The van der Waals surface area contributed by atoms with Crippen LogP contribution in [0.25, 0.3) is 0 Å². The molecule has 0 aromatic heterocycles. The zero-order valence-corrected chi connectivity index (χ0v) is 13.0. The molecule has 1 aromatic rings. The highest BCUT2D eigenvalue weighted by molar-refractivity contribution is 5.99. The van der Waals surface area contributed by atoms with Gasteiger partial charge in [-0.1, -0.05) is 6.07 Å². The highest BCUT2D eigenvalue weighted by Crippen LogP contribution is 2.35. The molecule has 1 heterocycles. The summed E-state index contributed by atoms with van der Waals surface area (Å²) in [5.41, 5.74) is -0.241. The van der Waals surface area contributed by atoms with Crippen LogP contribution in [0.3, 0.4) is 0 Å². The number of rotatable bonds is 5. The van der Waals surface area contributed by atoms with Gasteiger partial charge in [0.25, 0.3) is 0 Å².